The van der Waals surface area contributed by atoms with E-state index < -0.39 is 15.8 Å². The molecule has 0 aromatic heterocycles. The molecule has 1 aliphatic heterocycles. The zero-order valence-electron chi connectivity index (χ0n) is 17.7. The van der Waals surface area contributed by atoms with Crippen LogP contribution < -0.4 is 0 Å². The van der Waals surface area contributed by atoms with Gasteiger partial charge in [0.05, 0.1) is 24.2 Å². The standard InChI is InChI=1S/C26H24FNO3S/c1-20-10-12-25(13-11-20)32(29,30)28-16-14-22(21-6-3-2-4-7-21)15-17-31-26(19-28)23-8-5-9-24(27)18-23/h2-14,18-19H,15-17H2,1H3/b22-14+,26-19-. The lowest BCUT2D eigenvalue weighted by Gasteiger charge is -2.21. The number of hydrogen-bond acceptors (Lipinski definition) is 3. The van der Waals surface area contributed by atoms with Crippen molar-refractivity contribution in [1.82, 2.24) is 4.31 Å². The lowest BCUT2D eigenvalue weighted by Crippen LogP contribution is -2.27. The van der Waals surface area contributed by atoms with Crippen molar-refractivity contribution in [2.45, 2.75) is 18.2 Å². The highest BCUT2D eigenvalue weighted by atomic mass is 32.2. The quantitative estimate of drug-likeness (QED) is 0.519. The number of rotatable bonds is 4. The maximum atomic E-state index is 13.9. The Bertz CT molecular complexity index is 1250. The average Bonchev–Trinajstić information content (AvgIpc) is 2.91. The van der Waals surface area contributed by atoms with Gasteiger partial charge >= 0.3 is 0 Å². The summed E-state index contributed by atoms with van der Waals surface area (Å²) in [6.07, 6.45) is 3.96. The van der Waals surface area contributed by atoms with Gasteiger partial charge in [-0.25, -0.2) is 12.8 Å². The second kappa shape index (κ2) is 9.40. The number of hydrogen-bond donors (Lipinski definition) is 0. The Morgan fingerprint density at radius 3 is 2.34 bits per heavy atom. The van der Waals surface area contributed by atoms with Gasteiger partial charge < -0.3 is 4.74 Å². The third-order valence-electron chi connectivity index (χ3n) is 5.29. The Hall–Kier alpha value is -3.38. The molecule has 3 aromatic carbocycles. The number of aryl methyl sites for hydroxylation is 1. The second-order valence-electron chi connectivity index (χ2n) is 7.59. The van der Waals surface area contributed by atoms with Crippen LogP contribution >= 0.6 is 0 Å². The van der Waals surface area contributed by atoms with E-state index in [1.165, 1.54) is 22.6 Å². The van der Waals surface area contributed by atoms with Crippen molar-refractivity contribution in [3.8, 4) is 0 Å². The summed E-state index contributed by atoms with van der Waals surface area (Å²) in [6, 6.07) is 22.5. The molecule has 0 amide bonds. The summed E-state index contributed by atoms with van der Waals surface area (Å²) in [4.78, 5) is 0.187. The first-order chi connectivity index (χ1) is 15.4. The fourth-order valence-electron chi connectivity index (χ4n) is 3.52. The topological polar surface area (TPSA) is 46.6 Å². The minimum absolute atomic E-state index is 0.128. The van der Waals surface area contributed by atoms with Gasteiger partial charge in [-0.3, -0.25) is 4.31 Å². The molecule has 0 unspecified atom stereocenters. The first kappa shape index (κ1) is 21.8. The van der Waals surface area contributed by atoms with Crippen molar-refractivity contribution in [3.05, 3.63) is 114 Å². The summed E-state index contributed by atoms with van der Waals surface area (Å²) in [7, 11) is -3.85. The molecule has 0 bridgehead atoms. The third-order valence-corrected chi connectivity index (χ3v) is 7.03. The van der Waals surface area contributed by atoms with E-state index in [2.05, 4.69) is 0 Å². The molecule has 1 heterocycles. The molecule has 0 spiro atoms. The lowest BCUT2D eigenvalue weighted by molar-refractivity contribution is 0.283. The monoisotopic (exact) mass is 449 g/mol. The molecule has 0 aliphatic carbocycles. The molecule has 0 fully saturated rings. The summed E-state index contributed by atoms with van der Waals surface area (Å²) in [5, 5.41) is 0. The van der Waals surface area contributed by atoms with Gasteiger partial charge in [0, 0.05) is 12.0 Å². The van der Waals surface area contributed by atoms with Crippen LogP contribution in [0, 0.1) is 12.7 Å². The van der Waals surface area contributed by atoms with Crippen LogP contribution in [0.25, 0.3) is 11.3 Å². The molecule has 4 rings (SSSR count). The molecule has 3 aromatic rings. The lowest BCUT2D eigenvalue weighted by atomic mass is 10.0. The van der Waals surface area contributed by atoms with Crippen molar-refractivity contribution in [3.63, 3.8) is 0 Å². The molecule has 0 saturated carbocycles. The van der Waals surface area contributed by atoms with Crippen LogP contribution in [0.5, 0.6) is 0 Å². The first-order valence-corrected chi connectivity index (χ1v) is 11.8. The van der Waals surface area contributed by atoms with Crippen LogP contribution in [0.3, 0.4) is 0 Å². The van der Waals surface area contributed by atoms with Gasteiger partial charge in [-0.1, -0.05) is 66.2 Å². The van der Waals surface area contributed by atoms with E-state index in [0.29, 0.717) is 24.4 Å². The molecular weight excluding hydrogens is 425 g/mol. The molecule has 0 saturated heterocycles. The Labute approximate surface area is 188 Å². The van der Waals surface area contributed by atoms with E-state index >= 15 is 0 Å². The number of sulfonamides is 1. The Kier molecular flexibility index (Phi) is 6.42. The van der Waals surface area contributed by atoms with Gasteiger partial charge in [-0.05, 0) is 42.3 Å². The maximum Gasteiger partial charge on any atom is 0.264 e. The fraction of sp³-hybridized carbons (Fsp3) is 0.154. The normalized spacial score (nSPS) is 18.2. The van der Waals surface area contributed by atoms with Crippen molar-refractivity contribution < 1.29 is 17.5 Å². The number of ether oxygens (including phenoxy) is 1. The van der Waals surface area contributed by atoms with Gasteiger partial charge in [-0.2, -0.15) is 0 Å². The van der Waals surface area contributed by atoms with E-state index in [-0.39, 0.29) is 11.4 Å². The molecule has 164 valence electrons. The average molecular weight is 450 g/mol. The minimum atomic E-state index is -3.85. The predicted octanol–water partition coefficient (Wildman–Crippen LogP) is 5.63. The van der Waals surface area contributed by atoms with Crippen LogP contribution in [-0.4, -0.2) is 25.9 Å². The second-order valence-corrected chi connectivity index (χ2v) is 9.48. The van der Waals surface area contributed by atoms with Crippen molar-refractivity contribution in [2.75, 3.05) is 13.2 Å². The Balaban J connectivity index is 1.78. The SMILES string of the molecule is Cc1ccc(S(=O)(=O)N2/C=C(/c3cccc(F)c3)OCC/C(c3ccccc3)=C\C2)cc1. The maximum absolute atomic E-state index is 13.9. The van der Waals surface area contributed by atoms with Crippen LogP contribution in [0.4, 0.5) is 4.39 Å². The van der Waals surface area contributed by atoms with Gasteiger partial charge in [0.2, 0.25) is 0 Å². The third kappa shape index (κ3) is 4.92. The van der Waals surface area contributed by atoms with Crippen LogP contribution in [-0.2, 0) is 14.8 Å². The molecule has 4 nitrogen and oxygen atoms in total. The molecular formula is C26H24FNO3S. The van der Waals surface area contributed by atoms with E-state index in [1.54, 1.807) is 36.4 Å². The summed E-state index contributed by atoms with van der Waals surface area (Å²) >= 11 is 0. The van der Waals surface area contributed by atoms with E-state index in [4.69, 9.17) is 4.74 Å². The number of benzene rings is 3. The summed E-state index contributed by atoms with van der Waals surface area (Å²) < 4.78 is 48.1. The Morgan fingerprint density at radius 1 is 0.906 bits per heavy atom. The molecule has 6 heteroatoms. The van der Waals surface area contributed by atoms with E-state index in [1.807, 2.05) is 43.3 Å². The van der Waals surface area contributed by atoms with E-state index in [9.17, 15) is 12.8 Å². The smallest absolute Gasteiger partial charge is 0.264 e. The zero-order valence-corrected chi connectivity index (χ0v) is 18.6. The van der Waals surface area contributed by atoms with Gasteiger partial charge in [0.15, 0.2) is 0 Å². The summed E-state index contributed by atoms with van der Waals surface area (Å²) in [6.45, 7) is 2.37. The molecule has 1 aliphatic rings. The summed E-state index contributed by atoms with van der Waals surface area (Å²) in [5.41, 5.74) is 3.46. The zero-order chi connectivity index (χ0) is 22.6. The largest absolute Gasteiger partial charge is 0.491 e. The van der Waals surface area contributed by atoms with Gasteiger partial charge in [0.25, 0.3) is 10.0 Å². The number of nitrogens with zero attached hydrogens (tertiary/aromatic N) is 1. The van der Waals surface area contributed by atoms with Crippen LogP contribution in [0.1, 0.15) is 23.1 Å². The van der Waals surface area contributed by atoms with E-state index in [0.717, 1.165) is 16.7 Å². The van der Waals surface area contributed by atoms with Crippen molar-refractivity contribution in [1.29, 1.82) is 0 Å². The highest BCUT2D eigenvalue weighted by Gasteiger charge is 2.24. The fourth-order valence-corrected chi connectivity index (χ4v) is 4.78. The summed E-state index contributed by atoms with van der Waals surface area (Å²) in [5.74, 6) is -0.106. The highest BCUT2D eigenvalue weighted by Crippen LogP contribution is 2.27. The number of halogens is 1. The minimum Gasteiger partial charge on any atom is -0.491 e. The van der Waals surface area contributed by atoms with Crippen molar-refractivity contribution >= 4 is 21.4 Å². The van der Waals surface area contributed by atoms with Crippen LogP contribution in [0.2, 0.25) is 0 Å². The molecule has 0 atom stereocenters. The van der Waals surface area contributed by atoms with Gasteiger partial charge in [-0.15, -0.1) is 0 Å². The first-order valence-electron chi connectivity index (χ1n) is 10.4. The van der Waals surface area contributed by atoms with Crippen LogP contribution in [0.15, 0.2) is 96.0 Å². The molecule has 0 radical (unpaired) electrons. The van der Waals surface area contributed by atoms with Crippen molar-refractivity contribution in [2.24, 2.45) is 0 Å². The highest BCUT2D eigenvalue weighted by molar-refractivity contribution is 7.89. The predicted molar refractivity (Wildman–Crippen MR) is 124 cm³/mol. The Morgan fingerprint density at radius 2 is 1.62 bits per heavy atom. The van der Waals surface area contributed by atoms with Gasteiger partial charge in [0.1, 0.15) is 11.6 Å². The molecule has 0 N–H and O–H groups in total. The molecule has 32 heavy (non-hydrogen) atoms.